The van der Waals surface area contributed by atoms with E-state index < -0.39 is 0 Å². The number of hydrogen-bond acceptors (Lipinski definition) is 4. The van der Waals surface area contributed by atoms with Crippen molar-refractivity contribution in [3.05, 3.63) is 15.6 Å². The van der Waals surface area contributed by atoms with E-state index in [0.717, 1.165) is 25.7 Å². The van der Waals surface area contributed by atoms with Crippen molar-refractivity contribution < 1.29 is 4.74 Å². The lowest BCUT2D eigenvalue weighted by Gasteiger charge is -2.23. The molecule has 3 nitrogen and oxygen atoms in total. The quantitative estimate of drug-likeness (QED) is 0.879. The monoisotopic (exact) mass is 252 g/mol. The number of nitrogens with one attached hydrogen (secondary N) is 1. The summed E-state index contributed by atoms with van der Waals surface area (Å²) >= 11 is 1.91. The Morgan fingerprint density at radius 1 is 1.35 bits per heavy atom. The van der Waals surface area contributed by atoms with Crippen molar-refractivity contribution in [3.8, 4) is 0 Å². The highest BCUT2D eigenvalue weighted by atomic mass is 32.1. The van der Waals surface area contributed by atoms with Crippen molar-refractivity contribution in [3.63, 3.8) is 0 Å². The smallest absolute Gasteiger partial charge is 0.0962 e. The lowest BCUT2D eigenvalue weighted by Crippen LogP contribution is -2.34. The number of ether oxygens (including phenoxy) is 1. The molecule has 0 bridgehead atoms. The van der Waals surface area contributed by atoms with Crippen LogP contribution in [-0.2, 0) is 4.74 Å². The largest absolute Gasteiger partial charge is 0.378 e. The Morgan fingerprint density at radius 2 is 2.18 bits per heavy atom. The van der Waals surface area contributed by atoms with Gasteiger partial charge in [0.2, 0.25) is 0 Å². The Hall–Kier alpha value is -0.450. The molecule has 1 saturated heterocycles. The molecular formula is C13H20N2OS. The Labute approximate surface area is 107 Å². The summed E-state index contributed by atoms with van der Waals surface area (Å²) < 4.78 is 5.54. The van der Waals surface area contributed by atoms with E-state index in [4.69, 9.17) is 9.72 Å². The van der Waals surface area contributed by atoms with Crippen LogP contribution in [0.1, 0.15) is 53.2 Å². The third-order valence-electron chi connectivity index (χ3n) is 3.79. The molecule has 0 amide bonds. The summed E-state index contributed by atoms with van der Waals surface area (Å²) in [5, 5.41) is 4.89. The average Bonchev–Trinajstić information content (AvgIpc) is 2.99. The predicted octanol–water partition coefficient (Wildman–Crippen LogP) is 2.77. The van der Waals surface area contributed by atoms with Crippen LogP contribution in [0.25, 0.3) is 0 Å². The van der Waals surface area contributed by atoms with Crippen LogP contribution in [0.15, 0.2) is 0 Å². The molecule has 2 heterocycles. The summed E-state index contributed by atoms with van der Waals surface area (Å²) in [7, 11) is 0. The van der Waals surface area contributed by atoms with Gasteiger partial charge < -0.3 is 10.1 Å². The van der Waals surface area contributed by atoms with Crippen LogP contribution in [0.5, 0.6) is 0 Å². The van der Waals surface area contributed by atoms with Crippen molar-refractivity contribution in [2.45, 2.75) is 44.6 Å². The zero-order chi connectivity index (χ0) is 11.7. The number of thiazole rings is 1. The van der Waals surface area contributed by atoms with Gasteiger partial charge in [-0.1, -0.05) is 12.8 Å². The van der Waals surface area contributed by atoms with Gasteiger partial charge in [-0.3, -0.25) is 0 Å². The van der Waals surface area contributed by atoms with Crippen molar-refractivity contribution in [1.82, 2.24) is 10.3 Å². The fourth-order valence-electron chi connectivity index (χ4n) is 2.83. The second kappa shape index (κ2) is 5.04. The first-order chi connectivity index (χ1) is 8.34. The lowest BCUT2D eigenvalue weighted by molar-refractivity contribution is 0.0777. The van der Waals surface area contributed by atoms with Gasteiger partial charge in [0.15, 0.2) is 0 Å². The molecule has 1 aromatic rings. The number of aromatic nitrogens is 1. The molecule has 0 radical (unpaired) electrons. The van der Waals surface area contributed by atoms with E-state index in [2.05, 4.69) is 12.2 Å². The zero-order valence-electron chi connectivity index (χ0n) is 10.4. The number of hydrogen-bond donors (Lipinski definition) is 1. The van der Waals surface area contributed by atoms with Gasteiger partial charge in [0, 0.05) is 17.3 Å². The molecule has 2 aliphatic rings. The maximum absolute atomic E-state index is 5.54. The van der Waals surface area contributed by atoms with Crippen LogP contribution in [0.3, 0.4) is 0 Å². The molecule has 1 N–H and O–H groups in total. The fraction of sp³-hybridized carbons (Fsp3) is 0.769. The topological polar surface area (TPSA) is 34.1 Å². The van der Waals surface area contributed by atoms with Gasteiger partial charge in [-0.05, 0) is 19.8 Å². The van der Waals surface area contributed by atoms with Gasteiger partial charge in [0.25, 0.3) is 0 Å². The summed E-state index contributed by atoms with van der Waals surface area (Å²) in [5.41, 5.74) is 1.21. The third-order valence-corrected chi connectivity index (χ3v) is 5.23. The zero-order valence-corrected chi connectivity index (χ0v) is 11.2. The van der Waals surface area contributed by atoms with E-state index in [9.17, 15) is 0 Å². The standard InChI is InChI=1S/C13H20N2OS/c1-9-12(11-8-16-7-6-14-11)17-13(15-9)10-4-2-3-5-10/h10-11,14H,2-8H2,1H3. The van der Waals surface area contributed by atoms with E-state index in [1.165, 1.54) is 41.3 Å². The predicted molar refractivity (Wildman–Crippen MR) is 69.6 cm³/mol. The molecule has 1 aliphatic heterocycles. The Kier molecular flexibility index (Phi) is 3.45. The Balaban J connectivity index is 1.79. The normalized spacial score (nSPS) is 26.5. The van der Waals surface area contributed by atoms with Gasteiger partial charge in [-0.15, -0.1) is 11.3 Å². The molecule has 0 aromatic carbocycles. The fourth-order valence-corrected chi connectivity index (χ4v) is 4.13. The van der Waals surface area contributed by atoms with E-state index in [0.29, 0.717) is 6.04 Å². The molecule has 0 spiro atoms. The van der Waals surface area contributed by atoms with E-state index >= 15 is 0 Å². The first-order valence-electron chi connectivity index (χ1n) is 6.63. The maximum atomic E-state index is 5.54. The van der Waals surface area contributed by atoms with Crippen LogP contribution in [0, 0.1) is 6.92 Å². The van der Waals surface area contributed by atoms with Crippen molar-refractivity contribution in [2.24, 2.45) is 0 Å². The van der Waals surface area contributed by atoms with Crippen LogP contribution >= 0.6 is 11.3 Å². The molecule has 1 aromatic heterocycles. The van der Waals surface area contributed by atoms with E-state index in [1.807, 2.05) is 11.3 Å². The first-order valence-corrected chi connectivity index (χ1v) is 7.44. The van der Waals surface area contributed by atoms with Gasteiger partial charge in [-0.2, -0.15) is 0 Å². The highest BCUT2D eigenvalue weighted by molar-refractivity contribution is 7.12. The molecule has 17 heavy (non-hydrogen) atoms. The number of nitrogens with zero attached hydrogens (tertiary/aromatic N) is 1. The summed E-state index contributed by atoms with van der Waals surface area (Å²) in [5.74, 6) is 0.733. The molecule has 3 rings (SSSR count). The SMILES string of the molecule is Cc1nc(C2CCCC2)sc1C1COCCN1. The summed E-state index contributed by atoms with van der Waals surface area (Å²) in [6.07, 6.45) is 5.43. The molecule has 1 unspecified atom stereocenters. The second-order valence-corrected chi connectivity index (χ2v) is 6.13. The third kappa shape index (κ3) is 2.39. The van der Waals surface area contributed by atoms with Crippen LogP contribution in [0.2, 0.25) is 0 Å². The lowest BCUT2D eigenvalue weighted by atomic mass is 10.1. The average molecular weight is 252 g/mol. The van der Waals surface area contributed by atoms with Gasteiger partial charge in [0.1, 0.15) is 0 Å². The minimum atomic E-state index is 0.372. The summed E-state index contributed by atoms with van der Waals surface area (Å²) in [4.78, 5) is 6.19. The van der Waals surface area contributed by atoms with E-state index in [-0.39, 0.29) is 0 Å². The Bertz CT molecular complexity index is 379. The molecule has 4 heteroatoms. The van der Waals surface area contributed by atoms with Crippen molar-refractivity contribution >= 4 is 11.3 Å². The maximum Gasteiger partial charge on any atom is 0.0962 e. The number of aryl methyl sites for hydroxylation is 1. The number of rotatable bonds is 2. The van der Waals surface area contributed by atoms with Crippen LogP contribution in [0.4, 0.5) is 0 Å². The summed E-state index contributed by atoms with van der Waals surface area (Å²) in [6, 6.07) is 0.372. The van der Waals surface area contributed by atoms with Crippen molar-refractivity contribution in [1.29, 1.82) is 0 Å². The van der Waals surface area contributed by atoms with E-state index in [1.54, 1.807) is 0 Å². The minimum absolute atomic E-state index is 0.372. The van der Waals surface area contributed by atoms with Gasteiger partial charge in [0.05, 0.1) is 30.0 Å². The molecule has 2 fully saturated rings. The molecule has 1 atom stereocenters. The highest BCUT2D eigenvalue weighted by Crippen LogP contribution is 2.38. The van der Waals surface area contributed by atoms with Crippen molar-refractivity contribution in [2.75, 3.05) is 19.8 Å². The van der Waals surface area contributed by atoms with Gasteiger partial charge >= 0.3 is 0 Å². The number of morpholine rings is 1. The minimum Gasteiger partial charge on any atom is -0.378 e. The van der Waals surface area contributed by atoms with Crippen LogP contribution in [-0.4, -0.2) is 24.7 Å². The summed E-state index contributed by atoms with van der Waals surface area (Å²) in [6.45, 7) is 4.73. The highest BCUT2D eigenvalue weighted by Gasteiger charge is 2.25. The molecule has 94 valence electrons. The van der Waals surface area contributed by atoms with Crippen LogP contribution < -0.4 is 5.32 Å². The second-order valence-electron chi connectivity index (χ2n) is 5.06. The molecule has 1 saturated carbocycles. The Morgan fingerprint density at radius 3 is 2.88 bits per heavy atom. The first kappa shape index (κ1) is 11.6. The molecule has 1 aliphatic carbocycles. The van der Waals surface area contributed by atoms with Gasteiger partial charge in [-0.25, -0.2) is 4.98 Å². The molecular weight excluding hydrogens is 232 g/mol.